The normalized spacial score (nSPS) is 14.2. The molecular formula is C21H23ClF4N4O3. The highest BCUT2D eigenvalue weighted by atomic mass is 35.5. The summed E-state index contributed by atoms with van der Waals surface area (Å²) in [4.78, 5) is 23.3. The van der Waals surface area contributed by atoms with E-state index in [4.69, 9.17) is 21.5 Å². The van der Waals surface area contributed by atoms with Crippen molar-refractivity contribution < 1.29 is 37.6 Å². The summed E-state index contributed by atoms with van der Waals surface area (Å²) in [7, 11) is 0. The van der Waals surface area contributed by atoms with Crippen LogP contribution in [0.4, 0.5) is 17.6 Å². The number of nitrogens with two attached hydrogens (primary N) is 1. The van der Waals surface area contributed by atoms with Crippen LogP contribution in [0.2, 0.25) is 5.15 Å². The van der Waals surface area contributed by atoms with Crippen LogP contribution in [0, 0.1) is 5.82 Å². The van der Waals surface area contributed by atoms with Gasteiger partial charge in [0.05, 0.1) is 30.9 Å². The molecule has 1 amide bonds. The Kier molecular flexibility index (Phi) is 9.54. The molecule has 12 heteroatoms. The van der Waals surface area contributed by atoms with Gasteiger partial charge in [-0.05, 0) is 35.7 Å². The number of nitrogens with zero attached hydrogens (tertiary/aromatic N) is 3. The lowest BCUT2D eigenvalue weighted by atomic mass is 10.0. The fraction of sp³-hybridized carbons (Fsp3) is 0.429. The van der Waals surface area contributed by atoms with Crippen LogP contribution >= 0.6 is 11.6 Å². The van der Waals surface area contributed by atoms with Crippen molar-refractivity contribution in [2.24, 2.45) is 0 Å². The number of carboxylic acid groups (broad SMARTS) is 1. The second kappa shape index (κ2) is 11.9. The van der Waals surface area contributed by atoms with E-state index in [-0.39, 0.29) is 11.5 Å². The highest BCUT2D eigenvalue weighted by Gasteiger charge is 2.28. The first-order valence-corrected chi connectivity index (χ1v) is 10.6. The SMILES string of the molecule is CCc1cc(Cl)nnc1Cc1ccc(F)c(C(=O)N2CCC[NH2+]CC2)c1.O=C([O-])C(F)(F)F. The zero-order valence-electron chi connectivity index (χ0n) is 17.8. The van der Waals surface area contributed by atoms with Crippen molar-refractivity contribution in [1.29, 1.82) is 0 Å². The molecule has 33 heavy (non-hydrogen) atoms. The summed E-state index contributed by atoms with van der Waals surface area (Å²) in [5.41, 5.74) is 2.77. The number of amides is 1. The fourth-order valence-electron chi connectivity index (χ4n) is 3.23. The minimum Gasteiger partial charge on any atom is -0.542 e. The van der Waals surface area contributed by atoms with Gasteiger partial charge >= 0.3 is 6.18 Å². The van der Waals surface area contributed by atoms with E-state index in [1.807, 2.05) is 6.92 Å². The van der Waals surface area contributed by atoms with E-state index in [0.717, 1.165) is 42.8 Å². The van der Waals surface area contributed by atoms with Crippen LogP contribution in [0.1, 0.15) is 40.5 Å². The van der Waals surface area contributed by atoms with Crippen molar-refractivity contribution in [1.82, 2.24) is 15.1 Å². The number of alkyl halides is 3. The standard InChI is InChI=1S/C19H22ClFN4O.C2HF3O2/c1-2-14-12-18(20)24-23-17(14)11-13-4-5-16(21)15(10-13)19(26)25-8-3-6-22-7-9-25;3-2(4,5)1(6)7/h4-5,10,12,22H,2-3,6-9,11H2,1H3;(H,6,7). The van der Waals surface area contributed by atoms with Crippen LogP contribution in [0.5, 0.6) is 0 Å². The van der Waals surface area contributed by atoms with Crippen molar-refractivity contribution in [2.45, 2.75) is 32.4 Å². The zero-order chi connectivity index (χ0) is 24.6. The molecule has 1 aromatic heterocycles. The average molecular weight is 491 g/mol. The smallest absolute Gasteiger partial charge is 0.430 e. The molecule has 180 valence electrons. The first-order valence-electron chi connectivity index (χ1n) is 10.2. The highest BCUT2D eigenvalue weighted by molar-refractivity contribution is 6.29. The molecule has 0 radical (unpaired) electrons. The molecule has 1 aliphatic rings. The maximum Gasteiger partial charge on any atom is 0.430 e. The molecule has 0 saturated carbocycles. The van der Waals surface area contributed by atoms with Crippen molar-refractivity contribution in [2.75, 3.05) is 26.2 Å². The van der Waals surface area contributed by atoms with E-state index in [9.17, 15) is 22.4 Å². The third kappa shape index (κ3) is 7.93. The number of carbonyl (C=O) groups is 2. The number of carbonyl (C=O) groups excluding carboxylic acids is 2. The van der Waals surface area contributed by atoms with Gasteiger partial charge in [-0.25, -0.2) is 4.39 Å². The molecule has 7 nitrogen and oxygen atoms in total. The van der Waals surface area contributed by atoms with Crippen LogP contribution in [0.15, 0.2) is 24.3 Å². The van der Waals surface area contributed by atoms with E-state index in [2.05, 4.69) is 15.5 Å². The number of aliphatic carboxylic acids is 1. The second-order valence-electron chi connectivity index (χ2n) is 7.28. The lowest BCUT2D eigenvalue weighted by Crippen LogP contribution is -2.84. The summed E-state index contributed by atoms with van der Waals surface area (Å²) >= 11 is 5.91. The second-order valence-corrected chi connectivity index (χ2v) is 7.67. The van der Waals surface area contributed by atoms with Crippen LogP contribution in [-0.4, -0.2) is 59.3 Å². The molecule has 0 aliphatic carbocycles. The first-order chi connectivity index (χ1) is 15.5. The first kappa shape index (κ1) is 26.5. The van der Waals surface area contributed by atoms with E-state index in [1.54, 1.807) is 23.1 Å². The summed E-state index contributed by atoms with van der Waals surface area (Å²) in [6.45, 7) is 5.19. The number of hydrogen-bond acceptors (Lipinski definition) is 5. The lowest BCUT2D eigenvalue weighted by molar-refractivity contribution is -0.651. The number of rotatable bonds is 4. The minimum absolute atomic E-state index is 0.129. The van der Waals surface area contributed by atoms with Crippen LogP contribution in [0.25, 0.3) is 0 Å². The summed E-state index contributed by atoms with van der Waals surface area (Å²) in [6.07, 6.45) is -3.00. The molecule has 0 bridgehead atoms. The number of carboxylic acids is 1. The third-order valence-corrected chi connectivity index (χ3v) is 5.09. The molecule has 2 aromatic rings. The number of quaternary nitrogens is 1. The van der Waals surface area contributed by atoms with Crippen LogP contribution in [-0.2, 0) is 17.6 Å². The van der Waals surface area contributed by atoms with Gasteiger partial charge in [-0.1, -0.05) is 24.6 Å². The van der Waals surface area contributed by atoms with Crippen molar-refractivity contribution >= 4 is 23.5 Å². The van der Waals surface area contributed by atoms with Gasteiger partial charge in [-0.15, -0.1) is 5.10 Å². The zero-order valence-corrected chi connectivity index (χ0v) is 18.5. The Labute approximate surface area is 192 Å². The number of aromatic nitrogens is 2. The van der Waals surface area contributed by atoms with Crippen molar-refractivity contribution in [3.05, 3.63) is 57.6 Å². The Morgan fingerprint density at radius 2 is 1.88 bits per heavy atom. The monoisotopic (exact) mass is 490 g/mol. The molecular weight excluding hydrogens is 468 g/mol. The van der Waals surface area contributed by atoms with Gasteiger partial charge in [0.1, 0.15) is 11.8 Å². The maximum atomic E-state index is 14.3. The molecule has 1 saturated heterocycles. The largest absolute Gasteiger partial charge is 0.542 e. The van der Waals surface area contributed by atoms with Crippen LogP contribution in [0.3, 0.4) is 0 Å². The molecule has 1 aromatic carbocycles. The van der Waals surface area contributed by atoms with Gasteiger partial charge in [0, 0.05) is 19.4 Å². The van der Waals surface area contributed by atoms with Crippen molar-refractivity contribution in [3.8, 4) is 0 Å². The summed E-state index contributed by atoms with van der Waals surface area (Å²) < 4.78 is 45.9. The summed E-state index contributed by atoms with van der Waals surface area (Å²) in [5, 5.41) is 19.4. The molecule has 0 atom stereocenters. The minimum atomic E-state index is -5.19. The van der Waals surface area contributed by atoms with E-state index in [0.29, 0.717) is 24.7 Å². The molecule has 2 heterocycles. The van der Waals surface area contributed by atoms with E-state index in [1.165, 1.54) is 6.07 Å². The quantitative estimate of drug-likeness (QED) is 0.647. The van der Waals surface area contributed by atoms with E-state index < -0.39 is 18.0 Å². The molecule has 1 fully saturated rings. The van der Waals surface area contributed by atoms with Gasteiger partial charge in [-0.2, -0.15) is 18.3 Å². The van der Waals surface area contributed by atoms with Gasteiger partial charge in [0.2, 0.25) is 0 Å². The Balaban J connectivity index is 0.000000479. The Hall–Kier alpha value is -2.79. The van der Waals surface area contributed by atoms with E-state index >= 15 is 0 Å². The fourth-order valence-corrected chi connectivity index (χ4v) is 3.40. The summed E-state index contributed by atoms with van der Waals surface area (Å²) in [5.74, 6) is -3.73. The Bertz CT molecular complexity index is 980. The Morgan fingerprint density at radius 1 is 1.18 bits per heavy atom. The maximum absolute atomic E-state index is 14.3. The molecule has 0 spiro atoms. The number of benzene rings is 1. The van der Waals surface area contributed by atoms with Crippen LogP contribution < -0.4 is 10.4 Å². The Morgan fingerprint density at radius 3 is 2.52 bits per heavy atom. The predicted molar refractivity (Wildman–Crippen MR) is 109 cm³/mol. The number of halogens is 5. The average Bonchev–Trinajstić information content (AvgIpc) is 3.05. The number of aryl methyl sites for hydroxylation is 1. The highest BCUT2D eigenvalue weighted by Crippen LogP contribution is 2.19. The van der Waals surface area contributed by atoms with Crippen molar-refractivity contribution in [3.63, 3.8) is 0 Å². The molecule has 0 unspecified atom stereocenters. The number of hydrogen-bond donors (Lipinski definition) is 1. The molecule has 2 N–H and O–H groups in total. The van der Waals surface area contributed by atoms with Gasteiger partial charge in [0.15, 0.2) is 5.15 Å². The topological polar surface area (TPSA) is 103 Å². The molecule has 3 rings (SSSR count). The lowest BCUT2D eigenvalue weighted by Gasteiger charge is -2.19. The van der Waals surface area contributed by atoms with Gasteiger partial charge in [0.25, 0.3) is 5.91 Å². The molecule has 1 aliphatic heterocycles. The third-order valence-electron chi connectivity index (χ3n) is 4.90. The van der Waals surface area contributed by atoms with Gasteiger partial charge in [-0.3, -0.25) is 4.79 Å². The van der Waals surface area contributed by atoms with Gasteiger partial charge < -0.3 is 20.1 Å². The predicted octanol–water partition coefficient (Wildman–Crippen LogP) is 1.13. The summed E-state index contributed by atoms with van der Waals surface area (Å²) in [6, 6.07) is 6.49.